The van der Waals surface area contributed by atoms with E-state index in [2.05, 4.69) is 5.32 Å². The summed E-state index contributed by atoms with van der Waals surface area (Å²) in [4.78, 5) is 24.1. The van der Waals surface area contributed by atoms with Gasteiger partial charge in [-0.3, -0.25) is 9.59 Å². The Kier molecular flexibility index (Phi) is 5.99. The van der Waals surface area contributed by atoms with Crippen LogP contribution in [0.5, 0.6) is 11.5 Å². The van der Waals surface area contributed by atoms with Gasteiger partial charge in [0.15, 0.2) is 11.5 Å². The molecule has 1 N–H and O–H groups in total. The number of nitrogens with one attached hydrogen (secondary N) is 1. The molecule has 0 bridgehead atoms. The molecule has 1 atom stereocenters. The Morgan fingerprint density at radius 1 is 1.08 bits per heavy atom. The van der Waals surface area contributed by atoms with Crippen molar-refractivity contribution in [2.45, 2.75) is 53.0 Å². The minimum Gasteiger partial charge on any atom is -0.422 e. The number of hydrogen-bond donors (Lipinski definition) is 1. The SMILES string of the molecule is CN[C@H]1CCc2c(ccc(OC(=O)C(C)C)c2OC(=O)C(C)C)C1. The molecule has 1 aromatic carbocycles. The first-order valence-corrected chi connectivity index (χ1v) is 8.58. The molecular weight excluding hydrogens is 306 g/mol. The highest BCUT2D eigenvalue weighted by Gasteiger charge is 2.26. The molecule has 0 heterocycles. The lowest BCUT2D eigenvalue weighted by Crippen LogP contribution is -2.32. The fourth-order valence-corrected chi connectivity index (χ4v) is 2.68. The van der Waals surface area contributed by atoms with Crippen LogP contribution in [-0.4, -0.2) is 25.0 Å². The van der Waals surface area contributed by atoms with Crippen LogP contribution in [0.3, 0.4) is 0 Å². The Morgan fingerprint density at radius 2 is 1.71 bits per heavy atom. The van der Waals surface area contributed by atoms with Crippen LogP contribution >= 0.6 is 0 Å². The van der Waals surface area contributed by atoms with Gasteiger partial charge in [0.2, 0.25) is 0 Å². The van der Waals surface area contributed by atoms with Crippen molar-refractivity contribution in [2.24, 2.45) is 11.8 Å². The average molecular weight is 333 g/mol. The van der Waals surface area contributed by atoms with Gasteiger partial charge >= 0.3 is 11.9 Å². The molecule has 0 spiro atoms. The molecule has 0 aromatic heterocycles. The summed E-state index contributed by atoms with van der Waals surface area (Å²) in [6.45, 7) is 7.12. The van der Waals surface area contributed by atoms with Crippen LogP contribution < -0.4 is 14.8 Å². The molecule has 0 unspecified atom stereocenters. The van der Waals surface area contributed by atoms with E-state index in [9.17, 15) is 9.59 Å². The summed E-state index contributed by atoms with van der Waals surface area (Å²) in [5.41, 5.74) is 2.11. The lowest BCUT2D eigenvalue weighted by molar-refractivity contribution is -0.140. The fraction of sp³-hybridized carbons (Fsp3) is 0.579. The summed E-state index contributed by atoms with van der Waals surface area (Å²) >= 11 is 0. The summed E-state index contributed by atoms with van der Waals surface area (Å²) in [5.74, 6) is -0.396. The number of carbonyl (C=O) groups excluding carboxylic acids is 2. The number of carbonyl (C=O) groups is 2. The predicted octanol–water partition coefficient (Wildman–Crippen LogP) is 2.89. The Hall–Kier alpha value is -1.88. The minimum atomic E-state index is -0.333. The summed E-state index contributed by atoms with van der Waals surface area (Å²) < 4.78 is 11.1. The topological polar surface area (TPSA) is 64.6 Å². The van der Waals surface area contributed by atoms with Gasteiger partial charge < -0.3 is 14.8 Å². The van der Waals surface area contributed by atoms with E-state index in [0.29, 0.717) is 17.5 Å². The number of esters is 2. The van der Waals surface area contributed by atoms with Crippen LogP contribution in [-0.2, 0) is 22.4 Å². The molecule has 1 aliphatic carbocycles. The number of benzene rings is 1. The maximum atomic E-state index is 12.1. The molecule has 1 aliphatic rings. The third kappa shape index (κ3) is 4.15. The van der Waals surface area contributed by atoms with E-state index in [0.717, 1.165) is 30.4 Å². The molecule has 132 valence electrons. The van der Waals surface area contributed by atoms with Gasteiger partial charge in [0, 0.05) is 11.6 Å². The number of ether oxygens (including phenoxy) is 2. The zero-order valence-electron chi connectivity index (χ0n) is 15.1. The second-order valence-electron chi connectivity index (χ2n) is 6.91. The van der Waals surface area contributed by atoms with Crippen LogP contribution in [0.2, 0.25) is 0 Å². The number of fused-ring (bicyclic) bond motifs is 1. The summed E-state index contributed by atoms with van der Waals surface area (Å²) in [6, 6.07) is 4.12. The van der Waals surface area contributed by atoms with E-state index < -0.39 is 0 Å². The van der Waals surface area contributed by atoms with Gasteiger partial charge in [0.05, 0.1) is 11.8 Å². The van der Waals surface area contributed by atoms with Crippen molar-refractivity contribution in [3.05, 3.63) is 23.3 Å². The Morgan fingerprint density at radius 3 is 2.29 bits per heavy atom. The van der Waals surface area contributed by atoms with Gasteiger partial charge in [-0.15, -0.1) is 0 Å². The second kappa shape index (κ2) is 7.79. The normalized spacial score (nSPS) is 16.9. The second-order valence-corrected chi connectivity index (χ2v) is 6.91. The lowest BCUT2D eigenvalue weighted by Gasteiger charge is -2.27. The van der Waals surface area contributed by atoms with Crippen molar-refractivity contribution >= 4 is 11.9 Å². The third-order valence-electron chi connectivity index (χ3n) is 4.29. The van der Waals surface area contributed by atoms with E-state index in [1.165, 1.54) is 0 Å². The maximum absolute atomic E-state index is 12.1. The van der Waals surface area contributed by atoms with E-state index in [1.807, 2.05) is 13.1 Å². The van der Waals surface area contributed by atoms with Gasteiger partial charge in [0.1, 0.15) is 0 Å². The molecule has 0 radical (unpaired) electrons. The van der Waals surface area contributed by atoms with Gasteiger partial charge in [-0.05, 0) is 37.9 Å². The van der Waals surface area contributed by atoms with Crippen LogP contribution in [0.4, 0.5) is 0 Å². The van der Waals surface area contributed by atoms with Gasteiger partial charge in [-0.2, -0.15) is 0 Å². The first-order chi connectivity index (χ1) is 11.3. The molecule has 0 amide bonds. The van der Waals surface area contributed by atoms with Gasteiger partial charge in [0.25, 0.3) is 0 Å². The van der Waals surface area contributed by atoms with Crippen molar-refractivity contribution in [3.8, 4) is 11.5 Å². The number of likely N-dealkylation sites (N-methyl/N-ethyl adjacent to an activating group) is 1. The molecule has 1 aromatic rings. The molecule has 2 rings (SSSR count). The standard InChI is InChI=1S/C19H27NO4/c1-11(2)18(21)23-16-9-6-13-10-14(20-5)7-8-15(13)17(16)24-19(22)12(3)4/h6,9,11-12,14,20H,7-8,10H2,1-5H3/t14-/m0/s1. The summed E-state index contributed by atoms with van der Waals surface area (Å²) in [7, 11) is 1.95. The Labute approximate surface area is 143 Å². The highest BCUT2D eigenvalue weighted by atomic mass is 16.6. The first-order valence-electron chi connectivity index (χ1n) is 8.58. The van der Waals surface area contributed by atoms with E-state index in [4.69, 9.17) is 9.47 Å². The van der Waals surface area contributed by atoms with Crippen molar-refractivity contribution in [3.63, 3.8) is 0 Å². The lowest BCUT2D eigenvalue weighted by atomic mass is 9.87. The van der Waals surface area contributed by atoms with Crippen molar-refractivity contribution in [1.82, 2.24) is 5.32 Å². The Balaban J connectivity index is 2.40. The average Bonchev–Trinajstić information content (AvgIpc) is 2.55. The highest BCUT2D eigenvalue weighted by molar-refractivity contribution is 5.79. The zero-order chi connectivity index (χ0) is 17.9. The van der Waals surface area contributed by atoms with Crippen molar-refractivity contribution < 1.29 is 19.1 Å². The van der Waals surface area contributed by atoms with E-state index in [-0.39, 0.29) is 23.8 Å². The molecule has 0 saturated carbocycles. The number of rotatable bonds is 5. The Bertz CT molecular complexity index is 622. The van der Waals surface area contributed by atoms with Gasteiger partial charge in [-0.25, -0.2) is 0 Å². The molecule has 0 fully saturated rings. The van der Waals surface area contributed by atoms with Crippen LogP contribution in [0.1, 0.15) is 45.2 Å². The molecule has 0 aliphatic heterocycles. The van der Waals surface area contributed by atoms with E-state index >= 15 is 0 Å². The summed E-state index contributed by atoms with van der Waals surface area (Å²) in [5, 5.41) is 3.29. The molecule has 5 nitrogen and oxygen atoms in total. The zero-order valence-corrected chi connectivity index (χ0v) is 15.1. The quantitative estimate of drug-likeness (QED) is 0.663. The monoisotopic (exact) mass is 333 g/mol. The maximum Gasteiger partial charge on any atom is 0.313 e. The van der Waals surface area contributed by atoms with E-state index in [1.54, 1.807) is 33.8 Å². The van der Waals surface area contributed by atoms with Crippen LogP contribution in [0, 0.1) is 11.8 Å². The third-order valence-corrected chi connectivity index (χ3v) is 4.29. The number of hydrogen-bond acceptors (Lipinski definition) is 5. The minimum absolute atomic E-state index is 0.247. The fourth-order valence-electron chi connectivity index (χ4n) is 2.68. The smallest absolute Gasteiger partial charge is 0.313 e. The van der Waals surface area contributed by atoms with Crippen molar-refractivity contribution in [1.29, 1.82) is 0 Å². The summed E-state index contributed by atoms with van der Waals surface area (Å²) in [6.07, 6.45) is 2.61. The van der Waals surface area contributed by atoms with Crippen LogP contribution in [0.15, 0.2) is 12.1 Å². The van der Waals surface area contributed by atoms with Crippen LogP contribution in [0.25, 0.3) is 0 Å². The highest BCUT2D eigenvalue weighted by Crippen LogP contribution is 2.38. The van der Waals surface area contributed by atoms with Gasteiger partial charge in [-0.1, -0.05) is 33.8 Å². The largest absolute Gasteiger partial charge is 0.422 e. The van der Waals surface area contributed by atoms with Crippen molar-refractivity contribution in [2.75, 3.05) is 7.05 Å². The molecule has 5 heteroatoms. The first kappa shape index (κ1) is 18.5. The molecular formula is C19H27NO4. The molecule has 24 heavy (non-hydrogen) atoms. The molecule has 0 saturated heterocycles. The predicted molar refractivity (Wildman–Crippen MR) is 92.3 cm³/mol.